The molecule has 0 radical (unpaired) electrons. The van der Waals surface area contributed by atoms with Crippen LogP contribution in [0.5, 0.6) is 11.5 Å². The van der Waals surface area contributed by atoms with Gasteiger partial charge in [-0.3, -0.25) is 4.79 Å². The largest absolute Gasteiger partial charge is 0.492 e. The number of anilines is 1. The van der Waals surface area contributed by atoms with Gasteiger partial charge in [0.15, 0.2) is 0 Å². The van der Waals surface area contributed by atoms with Gasteiger partial charge in [-0.15, -0.1) is 0 Å². The summed E-state index contributed by atoms with van der Waals surface area (Å²) in [7, 11) is 0. The third kappa shape index (κ3) is 5.53. The Hall–Kier alpha value is -2.63. The smallest absolute Gasteiger partial charge is 0.387 e. The highest BCUT2D eigenvalue weighted by atomic mass is 19.3. The molecule has 0 spiro atoms. The topological polar surface area (TPSA) is 47.6 Å². The fourth-order valence-electron chi connectivity index (χ4n) is 2.16. The summed E-state index contributed by atoms with van der Waals surface area (Å²) in [5, 5.41) is 2.82. The molecule has 0 heterocycles. The van der Waals surface area contributed by atoms with Gasteiger partial charge in [-0.2, -0.15) is 8.78 Å². The average molecular weight is 335 g/mol. The first-order valence-corrected chi connectivity index (χ1v) is 7.64. The maximum Gasteiger partial charge on any atom is 0.387 e. The van der Waals surface area contributed by atoms with Gasteiger partial charge in [0.2, 0.25) is 5.91 Å². The van der Waals surface area contributed by atoms with Gasteiger partial charge in [0.1, 0.15) is 11.5 Å². The average Bonchev–Trinajstić information content (AvgIpc) is 2.56. The molecule has 0 aliphatic rings. The lowest BCUT2D eigenvalue weighted by Gasteiger charge is -2.11. The van der Waals surface area contributed by atoms with Crippen molar-refractivity contribution in [1.82, 2.24) is 0 Å². The van der Waals surface area contributed by atoms with E-state index in [9.17, 15) is 13.6 Å². The molecule has 2 aromatic carbocycles. The highest BCUT2D eigenvalue weighted by Crippen LogP contribution is 2.24. The van der Waals surface area contributed by atoms with Crippen LogP contribution in [0.3, 0.4) is 0 Å². The van der Waals surface area contributed by atoms with Gasteiger partial charge in [-0.25, -0.2) is 0 Å². The van der Waals surface area contributed by atoms with Crippen LogP contribution in [0.4, 0.5) is 14.5 Å². The molecule has 1 N–H and O–H groups in total. The summed E-state index contributed by atoms with van der Waals surface area (Å²) < 4.78 is 33.9. The van der Waals surface area contributed by atoms with Crippen LogP contribution in [-0.4, -0.2) is 19.1 Å². The Morgan fingerprint density at radius 3 is 2.50 bits per heavy atom. The van der Waals surface area contributed by atoms with E-state index in [1.807, 2.05) is 19.1 Å². The quantitative estimate of drug-likeness (QED) is 0.784. The molecule has 2 rings (SSSR count). The van der Waals surface area contributed by atoms with E-state index in [4.69, 9.17) is 4.74 Å². The first kappa shape index (κ1) is 17.7. The van der Waals surface area contributed by atoms with Gasteiger partial charge in [-0.1, -0.05) is 24.3 Å². The van der Waals surface area contributed by atoms with E-state index < -0.39 is 6.61 Å². The number of nitrogens with one attached hydrogen (secondary N) is 1. The number of halogens is 2. The summed E-state index contributed by atoms with van der Waals surface area (Å²) in [6, 6.07) is 13.5. The van der Waals surface area contributed by atoms with Crippen molar-refractivity contribution < 1.29 is 23.0 Å². The van der Waals surface area contributed by atoms with Gasteiger partial charge >= 0.3 is 6.61 Å². The van der Waals surface area contributed by atoms with Gasteiger partial charge < -0.3 is 14.8 Å². The zero-order valence-electron chi connectivity index (χ0n) is 13.3. The number of carbonyl (C=O) groups is 1. The normalized spacial score (nSPS) is 10.5. The van der Waals surface area contributed by atoms with Crippen molar-refractivity contribution in [1.29, 1.82) is 0 Å². The maximum atomic E-state index is 12.1. The zero-order chi connectivity index (χ0) is 17.4. The number of benzene rings is 2. The van der Waals surface area contributed by atoms with Crippen LogP contribution >= 0.6 is 0 Å². The predicted molar refractivity (Wildman–Crippen MR) is 87.6 cm³/mol. The molecule has 24 heavy (non-hydrogen) atoms. The van der Waals surface area contributed by atoms with Crippen LogP contribution in [0.25, 0.3) is 0 Å². The number of hydrogen-bond donors (Lipinski definition) is 1. The molecule has 128 valence electrons. The molecular weight excluding hydrogens is 316 g/mol. The van der Waals surface area contributed by atoms with Crippen LogP contribution in [0.15, 0.2) is 48.5 Å². The second-order valence-corrected chi connectivity index (χ2v) is 5.00. The standard InChI is InChI=1S/C18H19F2NO3/c1-2-23-16-6-4-3-5-15(16)21-17(22)12-9-13-7-10-14(11-8-13)24-18(19)20/h3-8,10-11,18H,2,9,12H2,1H3,(H,21,22). The predicted octanol–water partition coefficient (Wildman–Crippen LogP) is 4.26. The molecule has 0 aromatic heterocycles. The molecule has 1 amide bonds. The number of hydrogen-bond acceptors (Lipinski definition) is 3. The lowest BCUT2D eigenvalue weighted by atomic mass is 10.1. The van der Waals surface area contributed by atoms with Crippen LogP contribution in [-0.2, 0) is 11.2 Å². The third-order valence-electron chi connectivity index (χ3n) is 3.25. The van der Waals surface area contributed by atoms with E-state index in [0.29, 0.717) is 24.5 Å². The monoisotopic (exact) mass is 335 g/mol. The summed E-state index contributed by atoms with van der Waals surface area (Å²) in [4.78, 5) is 12.1. The Morgan fingerprint density at radius 1 is 1.12 bits per heavy atom. The van der Waals surface area contributed by atoms with E-state index in [1.54, 1.807) is 24.3 Å². The van der Waals surface area contributed by atoms with Gasteiger partial charge in [0, 0.05) is 6.42 Å². The van der Waals surface area contributed by atoms with Crippen LogP contribution in [0.2, 0.25) is 0 Å². The Labute approximate surface area is 139 Å². The summed E-state index contributed by atoms with van der Waals surface area (Å²) in [6.07, 6.45) is 0.771. The number of para-hydroxylation sites is 2. The summed E-state index contributed by atoms with van der Waals surface area (Å²) in [5.41, 5.74) is 1.50. The number of amides is 1. The Balaban J connectivity index is 1.87. The van der Waals surface area contributed by atoms with E-state index in [1.165, 1.54) is 12.1 Å². The minimum absolute atomic E-state index is 0.101. The highest BCUT2D eigenvalue weighted by molar-refractivity contribution is 5.92. The lowest BCUT2D eigenvalue weighted by molar-refractivity contribution is -0.116. The van der Waals surface area contributed by atoms with Crippen LogP contribution in [0, 0.1) is 0 Å². The minimum Gasteiger partial charge on any atom is -0.492 e. The molecule has 0 aliphatic carbocycles. The van der Waals surface area contributed by atoms with Crippen LogP contribution < -0.4 is 14.8 Å². The van der Waals surface area contributed by atoms with E-state index in [0.717, 1.165) is 5.56 Å². The highest BCUT2D eigenvalue weighted by Gasteiger charge is 2.08. The molecule has 0 unspecified atom stereocenters. The third-order valence-corrected chi connectivity index (χ3v) is 3.25. The number of rotatable bonds is 8. The first-order valence-electron chi connectivity index (χ1n) is 7.64. The molecule has 0 aliphatic heterocycles. The second-order valence-electron chi connectivity index (χ2n) is 5.00. The fourth-order valence-corrected chi connectivity index (χ4v) is 2.16. The SMILES string of the molecule is CCOc1ccccc1NC(=O)CCc1ccc(OC(F)F)cc1. The molecule has 0 atom stereocenters. The van der Waals surface area contributed by atoms with Crippen molar-refractivity contribution in [2.24, 2.45) is 0 Å². The first-order chi connectivity index (χ1) is 11.6. The zero-order valence-corrected chi connectivity index (χ0v) is 13.3. The van der Waals surface area contributed by atoms with Crippen molar-refractivity contribution in [2.45, 2.75) is 26.4 Å². The molecule has 0 bridgehead atoms. The van der Waals surface area contributed by atoms with Crippen molar-refractivity contribution in [3.05, 3.63) is 54.1 Å². The lowest BCUT2D eigenvalue weighted by Crippen LogP contribution is -2.13. The summed E-state index contributed by atoms with van der Waals surface area (Å²) in [5.74, 6) is 0.584. The van der Waals surface area contributed by atoms with Gasteiger partial charge in [-0.05, 0) is 43.2 Å². The molecule has 0 fully saturated rings. The maximum absolute atomic E-state index is 12.1. The van der Waals surface area contributed by atoms with Gasteiger partial charge in [0.25, 0.3) is 0 Å². The number of carbonyl (C=O) groups excluding carboxylic acids is 1. The second kappa shape index (κ2) is 8.86. The number of ether oxygens (including phenoxy) is 2. The molecular formula is C18H19F2NO3. The molecule has 0 saturated heterocycles. The molecule has 2 aromatic rings. The van der Waals surface area contributed by atoms with Gasteiger partial charge in [0.05, 0.1) is 12.3 Å². The summed E-state index contributed by atoms with van der Waals surface area (Å²) in [6.45, 7) is -0.452. The van der Waals surface area contributed by atoms with Crippen LogP contribution in [0.1, 0.15) is 18.9 Å². The number of alkyl halides is 2. The summed E-state index contributed by atoms with van der Waals surface area (Å²) >= 11 is 0. The van der Waals surface area contributed by atoms with E-state index >= 15 is 0 Å². The van der Waals surface area contributed by atoms with E-state index in [-0.39, 0.29) is 18.1 Å². The molecule has 4 nitrogen and oxygen atoms in total. The van der Waals surface area contributed by atoms with Crippen molar-refractivity contribution >= 4 is 11.6 Å². The Bertz CT molecular complexity index is 660. The molecule has 6 heteroatoms. The minimum atomic E-state index is -2.84. The van der Waals surface area contributed by atoms with Crippen molar-refractivity contribution in [3.63, 3.8) is 0 Å². The number of aryl methyl sites for hydroxylation is 1. The molecule has 0 saturated carbocycles. The Morgan fingerprint density at radius 2 is 1.83 bits per heavy atom. The van der Waals surface area contributed by atoms with Crippen molar-refractivity contribution in [3.8, 4) is 11.5 Å². The van der Waals surface area contributed by atoms with Crippen molar-refractivity contribution in [2.75, 3.05) is 11.9 Å². The van der Waals surface area contributed by atoms with E-state index in [2.05, 4.69) is 10.1 Å². The Kier molecular flexibility index (Phi) is 6.54. The fraction of sp³-hybridized carbons (Fsp3) is 0.278.